The van der Waals surface area contributed by atoms with Gasteiger partial charge < -0.3 is 0 Å². The third kappa shape index (κ3) is 117. The van der Waals surface area contributed by atoms with E-state index in [4.69, 9.17) is 0 Å². The maximum absolute atomic E-state index is 2.27. The van der Waals surface area contributed by atoms with Gasteiger partial charge >= 0.3 is 22.3 Å². The van der Waals surface area contributed by atoms with Gasteiger partial charge in [-0.1, -0.05) is 19.6 Å². The normalized spacial score (nSPS) is 7.00. The minimum atomic E-state index is 0.120. The summed E-state index contributed by atoms with van der Waals surface area (Å²) in [6.45, 7) is 6.81. The molecule has 0 spiro atoms. The van der Waals surface area contributed by atoms with E-state index in [-0.39, 0.29) is 8.80 Å². The second-order valence-corrected chi connectivity index (χ2v) is 4.50. The standard InChI is InChI=1S/C3H9Si.CH3Ge/c1-4(2)3;1-2/h1-3H3;1H3. The van der Waals surface area contributed by atoms with Crippen molar-refractivity contribution in [1.29, 1.82) is 0 Å². The zero-order valence-electron chi connectivity index (χ0n) is 5.00. The van der Waals surface area contributed by atoms with E-state index in [2.05, 4.69) is 19.6 Å². The van der Waals surface area contributed by atoms with Crippen molar-refractivity contribution in [1.82, 2.24) is 0 Å². The van der Waals surface area contributed by atoms with Crippen LogP contribution in [0.15, 0.2) is 0 Å². The first-order valence-corrected chi connectivity index (χ1v) is 7.10. The van der Waals surface area contributed by atoms with E-state index in [1.165, 1.54) is 0 Å². The van der Waals surface area contributed by atoms with Crippen LogP contribution in [-0.4, -0.2) is 25.3 Å². The van der Waals surface area contributed by atoms with E-state index in [9.17, 15) is 0 Å². The molecular formula is C4H12GeSi. The fourth-order valence-corrected chi connectivity index (χ4v) is 0. The maximum atomic E-state index is 2.27. The molecule has 4 radical (unpaired) electrons. The molecule has 0 atom stereocenters. The van der Waals surface area contributed by atoms with Crippen molar-refractivity contribution in [2.24, 2.45) is 0 Å². The molecular weight excluding hydrogens is 149 g/mol. The van der Waals surface area contributed by atoms with Crippen molar-refractivity contribution in [3.63, 3.8) is 0 Å². The second kappa shape index (κ2) is 9.23. The third-order valence-corrected chi connectivity index (χ3v) is 0. The molecule has 0 N–H and O–H groups in total. The summed E-state index contributed by atoms with van der Waals surface area (Å²) in [5.74, 6) is 2.00. The van der Waals surface area contributed by atoms with Gasteiger partial charge in [-0.25, -0.2) is 0 Å². The summed E-state index contributed by atoms with van der Waals surface area (Å²) in [4.78, 5) is 0. The van der Waals surface area contributed by atoms with E-state index < -0.39 is 0 Å². The van der Waals surface area contributed by atoms with Gasteiger partial charge in [0.25, 0.3) is 0 Å². The van der Waals surface area contributed by atoms with Crippen molar-refractivity contribution >= 4 is 25.3 Å². The Morgan fingerprint density at radius 2 is 1.00 bits per heavy atom. The average molecular weight is 161 g/mol. The molecule has 0 aromatic carbocycles. The van der Waals surface area contributed by atoms with E-state index >= 15 is 0 Å². The van der Waals surface area contributed by atoms with Crippen LogP contribution < -0.4 is 0 Å². The Kier molecular flexibility index (Phi) is 15.2. The summed E-state index contributed by atoms with van der Waals surface area (Å²) in [6, 6.07) is 0. The molecule has 0 saturated heterocycles. The molecule has 0 nitrogen and oxygen atoms in total. The molecule has 2 heteroatoms. The molecule has 36 valence electrons. The minimum absolute atomic E-state index is 0.120. The molecule has 0 saturated carbocycles. The number of hydrogen-bond acceptors (Lipinski definition) is 0. The van der Waals surface area contributed by atoms with Crippen molar-refractivity contribution in [2.75, 3.05) is 0 Å². The molecule has 0 unspecified atom stereocenters. The SMILES string of the molecule is C[Si](C)C.[CH3][Ge]. The van der Waals surface area contributed by atoms with E-state index in [1.54, 1.807) is 0 Å². The first kappa shape index (κ1) is 9.90. The first-order chi connectivity index (χ1) is 2.73. The predicted molar refractivity (Wildman–Crippen MR) is 35.0 cm³/mol. The Bertz CT molecular complexity index is 12.3. The zero-order chi connectivity index (χ0) is 5.58. The van der Waals surface area contributed by atoms with Crippen LogP contribution in [0.4, 0.5) is 0 Å². The molecule has 0 aliphatic heterocycles. The van der Waals surface area contributed by atoms with Crippen LogP contribution in [0, 0.1) is 0 Å². The molecule has 0 rings (SSSR count). The molecule has 6 heavy (non-hydrogen) atoms. The molecule has 0 bridgehead atoms. The summed E-state index contributed by atoms with van der Waals surface area (Å²) < 4.78 is 0. The summed E-state index contributed by atoms with van der Waals surface area (Å²) >= 11 is 2.00. The van der Waals surface area contributed by atoms with Gasteiger partial charge in [0.05, 0.1) is 0 Å². The van der Waals surface area contributed by atoms with Crippen molar-refractivity contribution in [3.05, 3.63) is 0 Å². The Hall–Kier alpha value is 0.760. The molecule has 0 aromatic heterocycles. The van der Waals surface area contributed by atoms with Gasteiger partial charge in [-0.05, 0) is 0 Å². The van der Waals surface area contributed by atoms with Gasteiger partial charge in [0.1, 0.15) is 0 Å². The molecule has 0 fully saturated rings. The first-order valence-electron chi connectivity index (χ1n) is 2.00. The fraction of sp³-hybridized carbons (Fsp3) is 1.00. The van der Waals surface area contributed by atoms with Gasteiger partial charge in [0, 0.05) is 8.80 Å². The quantitative estimate of drug-likeness (QED) is 0.473. The van der Waals surface area contributed by atoms with Gasteiger partial charge in [0.15, 0.2) is 0 Å². The predicted octanol–water partition coefficient (Wildman–Crippen LogP) is 1.57. The Morgan fingerprint density at radius 3 is 1.00 bits per heavy atom. The summed E-state index contributed by atoms with van der Waals surface area (Å²) in [7, 11) is 0.120. The van der Waals surface area contributed by atoms with Crippen LogP contribution in [0.1, 0.15) is 0 Å². The zero-order valence-corrected chi connectivity index (χ0v) is 8.10. The van der Waals surface area contributed by atoms with Crippen LogP contribution in [0.5, 0.6) is 0 Å². The van der Waals surface area contributed by atoms with Crippen LogP contribution >= 0.6 is 0 Å². The van der Waals surface area contributed by atoms with Crippen LogP contribution in [0.25, 0.3) is 0 Å². The Balaban J connectivity index is 0. The second-order valence-electron chi connectivity index (χ2n) is 1.50. The van der Waals surface area contributed by atoms with Crippen molar-refractivity contribution in [2.45, 2.75) is 25.4 Å². The van der Waals surface area contributed by atoms with E-state index in [0.717, 1.165) is 0 Å². The van der Waals surface area contributed by atoms with E-state index in [0.29, 0.717) is 0 Å². The van der Waals surface area contributed by atoms with Crippen LogP contribution in [-0.2, 0) is 0 Å². The number of rotatable bonds is 0. The van der Waals surface area contributed by atoms with Crippen LogP contribution in [0.2, 0.25) is 25.4 Å². The molecule has 0 amide bonds. The monoisotopic (exact) mass is 162 g/mol. The third-order valence-electron chi connectivity index (χ3n) is 0. The van der Waals surface area contributed by atoms with Gasteiger partial charge in [-0.2, -0.15) is 0 Å². The van der Waals surface area contributed by atoms with Gasteiger partial charge in [-0.15, -0.1) is 0 Å². The van der Waals surface area contributed by atoms with Crippen molar-refractivity contribution in [3.8, 4) is 0 Å². The fourth-order valence-electron chi connectivity index (χ4n) is 0. The summed E-state index contributed by atoms with van der Waals surface area (Å²) in [5, 5.41) is 0. The van der Waals surface area contributed by atoms with Crippen LogP contribution in [0.3, 0.4) is 0 Å². The topological polar surface area (TPSA) is 0 Å². The van der Waals surface area contributed by atoms with Gasteiger partial charge in [-0.3, -0.25) is 0 Å². The van der Waals surface area contributed by atoms with Gasteiger partial charge in [0.2, 0.25) is 0 Å². The van der Waals surface area contributed by atoms with E-state index in [1.807, 2.05) is 22.3 Å². The molecule has 0 heterocycles. The molecule has 0 aromatic rings. The summed E-state index contributed by atoms with van der Waals surface area (Å²) in [5.41, 5.74) is 0. The average Bonchev–Trinajstić information content (AvgIpc) is 1.41. The Labute approximate surface area is 51.2 Å². The molecule has 0 aliphatic rings. The molecule has 0 aliphatic carbocycles. The van der Waals surface area contributed by atoms with Crippen molar-refractivity contribution < 1.29 is 0 Å². The number of hydrogen-bond donors (Lipinski definition) is 0. The summed E-state index contributed by atoms with van der Waals surface area (Å²) in [6.07, 6.45) is 0. The Morgan fingerprint density at radius 1 is 1.00 bits per heavy atom.